The second-order valence-corrected chi connectivity index (χ2v) is 5.41. The molecule has 0 unspecified atom stereocenters. The Labute approximate surface area is 123 Å². The van der Waals surface area contributed by atoms with E-state index in [0.717, 1.165) is 25.9 Å². The first-order valence-electron chi connectivity index (χ1n) is 7.08. The van der Waals surface area contributed by atoms with E-state index in [9.17, 15) is 14.7 Å². The van der Waals surface area contributed by atoms with Crippen molar-refractivity contribution in [1.29, 1.82) is 0 Å². The van der Waals surface area contributed by atoms with Crippen LogP contribution in [0, 0.1) is 0 Å². The van der Waals surface area contributed by atoms with Crippen LogP contribution in [0.25, 0.3) is 0 Å². The highest BCUT2D eigenvalue weighted by Crippen LogP contribution is 2.27. The number of hydrogen-bond donors (Lipinski definition) is 2. The number of carbonyl (C=O) groups is 2. The largest absolute Gasteiger partial charge is 0.476 e. The smallest absolute Gasteiger partial charge is 0.358 e. The van der Waals surface area contributed by atoms with E-state index in [1.807, 2.05) is 0 Å². The van der Waals surface area contributed by atoms with Gasteiger partial charge in [-0.25, -0.2) is 9.48 Å². The maximum atomic E-state index is 11.7. The first-order chi connectivity index (χ1) is 10.0. The van der Waals surface area contributed by atoms with Crippen LogP contribution in [-0.2, 0) is 11.3 Å². The Morgan fingerprint density at radius 3 is 2.62 bits per heavy atom. The number of aromatic carboxylic acids is 1. The molecule has 8 nitrogen and oxygen atoms in total. The van der Waals surface area contributed by atoms with Crippen LogP contribution in [-0.4, -0.2) is 64.1 Å². The molecule has 0 aromatic carbocycles. The molecule has 1 aromatic heterocycles. The van der Waals surface area contributed by atoms with Crippen molar-refractivity contribution in [2.24, 2.45) is 0 Å². The number of aryl methyl sites for hydroxylation is 1. The van der Waals surface area contributed by atoms with Crippen molar-refractivity contribution in [2.75, 3.05) is 27.2 Å². The minimum absolute atomic E-state index is 0.0132. The molecular formula is C13H21N5O3. The number of hydrogen-bond acceptors (Lipinski definition) is 5. The van der Waals surface area contributed by atoms with Gasteiger partial charge in [0.25, 0.3) is 0 Å². The highest BCUT2D eigenvalue weighted by Gasteiger charge is 2.27. The highest BCUT2D eigenvalue weighted by molar-refractivity contribution is 5.86. The molecule has 1 saturated heterocycles. The summed E-state index contributed by atoms with van der Waals surface area (Å²) in [6, 6.07) is 0. The van der Waals surface area contributed by atoms with E-state index in [1.54, 1.807) is 18.8 Å². The molecule has 8 heteroatoms. The van der Waals surface area contributed by atoms with Gasteiger partial charge in [-0.2, -0.15) is 0 Å². The Bertz CT molecular complexity index is 520. The first kappa shape index (κ1) is 15.4. The molecular weight excluding hydrogens is 274 g/mol. The quantitative estimate of drug-likeness (QED) is 0.788. The molecule has 0 aliphatic carbocycles. The summed E-state index contributed by atoms with van der Waals surface area (Å²) in [7, 11) is 3.39. The number of carboxylic acids is 1. The molecule has 0 atom stereocenters. The summed E-state index contributed by atoms with van der Waals surface area (Å²) >= 11 is 0. The summed E-state index contributed by atoms with van der Waals surface area (Å²) in [4.78, 5) is 24.5. The van der Waals surface area contributed by atoms with Crippen LogP contribution in [0.15, 0.2) is 0 Å². The molecule has 116 valence electrons. The van der Waals surface area contributed by atoms with Crippen LogP contribution in [0.1, 0.15) is 41.4 Å². The van der Waals surface area contributed by atoms with Gasteiger partial charge in [-0.15, -0.1) is 5.10 Å². The van der Waals surface area contributed by atoms with Gasteiger partial charge in [0.1, 0.15) is 0 Å². The van der Waals surface area contributed by atoms with E-state index in [0.29, 0.717) is 12.2 Å². The second-order valence-electron chi connectivity index (χ2n) is 5.41. The Kier molecular flexibility index (Phi) is 4.89. The molecule has 0 saturated carbocycles. The van der Waals surface area contributed by atoms with E-state index >= 15 is 0 Å². The van der Waals surface area contributed by atoms with Crippen molar-refractivity contribution in [2.45, 2.75) is 31.7 Å². The summed E-state index contributed by atoms with van der Waals surface area (Å²) in [6.07, 6.45) is 2.00. The summed E-state index contributed by atoms with van der Waals surface area (Å²) in [6.45, 7) is 2.06. The summed E-state index contributed by atoms with van der Waals surface area (Å²) < 4.78 is 1.58. The summed E-state index contributed by atoms with van der Waals surface area (Å²) in [5.41, 5.74) is 0.662. The minimum atomic E-state index is -1.06. The van der Waals surface area contributed by atoms with Gasteiger partial charge in [-0.3, -0.25) is 4.79 Å². The third-order valence-electron chi connectivity index (χ3n) is 3.74. The number of rotatable bonds is 5. The maximum Gasteiger partial charge on any atom is 0.358 e. The maximum absolute atomic E-state index is 11.7. The number of piperidine rings is 1. The standard InChI is InChI=1S/C13H21N5O3/c1-17(2)10(19)5-8-18-12(9-3-6-14-7-4-9)11(13(20)21)15-16-18/h9,14H,3-8H2,1-2H3,(H,20,21). The van der Waals surface area contributed by atoms with Crippen LogP contribution >= 0.6 is 0 Å². The number of carbonyl (C=O) groups excluding carboxylic acids is 1. The molecule has 0 spiro atoms. The molecule has 2 rings (SSSR count). The normalized spacial score (nSPS) is 15.9. The van der Waals surface area contributed by atoms with Gasteiger partial charge in [0, 0.05) is 26.4 Å². The molecule has 2 N–H and O–H groups in total. The van der Waals surface area contributed by atoms with E-state index in [-0.39, 0.29) is 23.9 Å². The topological polar surface area (TPSA) is 100 Å². The number of carboxylic acid groups (broad SMARTS) is 1. The number of nitrogens with one attached hydrogen (secondary N) is 1. The summed E-state index contributed by atoms with van der Waals surface area (Å²) in [5.74, 6) is -0.950. The van der Waals surface area contributed by atoms with Crippen molar-refractivity contribution in [3.05, 3.63) is 11.4 Å². The van der Waals surface area contributed by atoms with Gasteiger partial charge in [-0.05, 0) is 25.9 Å². The third kappa shape index (κ3) is 3.57. The molecule has 21 heavy (non-hydrogen) atoms. The lowest BCUT2D eigenvalue weighted by Gasteiger charge is -2.23. The Morgan fingerprint density at radius 2 is 2.05 bits per heavy atom. The fourth-order valence-electron chi connectivity index (χ4n) is 2.56. The fourth-order valence-corrected chi connectivity index (χ4v) is 2.56. The van der Waals surface area contributed by atoms with E-state index in [1.165, 1.54) is 4.90 Å². The lowest BCUT2D eigenvalue weighted by atomic mass is 9.93. The van der Waals surface area contributed by atoms with Crippen molar-refractivity contribution < 1.29 is 14.7 Å². The van der Waals surface area contributed by atoms with Crippen molar-refractivity contribution in [3.63, 3.8) is 0 Å². The zero-order valence-electron chi connectivity index (χ0n) is 12.4. The Balaban J connectivity index is 2.20. The summed E-state index contributed by atoms with van der Waals surface area (Å²) in [5, 5.41) is 20.2. The lowest BCUT2D eigenvalue weighted by Crippen LogP contribution is -2.29. The van der Waals surface area contributed by atoms with Crippen LogP contribution in [0.3, 0.4) is 0 Å². The molecule has 2 heterocycles. The van der Waals surface area contributed by atoms with Gasteiger partial charge in [0.05, 0.1) is 12.2 Å². The third-order valence-corrected chi connectivity index (χ3v) is 3.74. The van der Waals surface area contributed by atoms with E-state index in [2.05, 4.69) is 15.6 Å². The van der Waals surface area contributed by atoms with Gasteiger partial charge in [0.15, 0.2) is 5.69 Å². The lowest BCUT2D eigenvalue weighted by molar-refractivity contribution is -0.128. The Hall–Kier alpha value is -1.96. The van der Waals surface area contributed by atoms with Crippen molar-refractivity contribution in [1.82, 2.24) is 25.2 Å². The number of amides is 1. The predicted molar refractivity (Wildman–Crippen MR) is 75.1 cm³/mol. The monoisotopic (exact) mass is 295 g/mol. The molecule has 0 bridgehead atoms. The molecule has 1 aromatic rings. The number of aromatic nitrogens is 3. The molecule has 1 amide bonds. The predicted octanol–water partition coefficient (Wildman–Crippen LogP) is -0.0784. The molecule has 1 fully saturated rings. The van der Waals surface area contributed by atoms with Gasteiger partial charge >= 0.3 is 5.97 Å². The Morgan fingerprint density at radius 1 is 1.38 bits per heavy atom. The van der Waals surface area contributed by atoms with Gasteiger partial charge in [0.2, 0.25) is 5.91 Å². The minimum Gasteiger partial charge on any atom is -0.476 e. The molecule has 1 aliphatic rings. The van der Waals surface area contributed by atoms with Gasteiger partial charge < -0.3 is 15.3 Å². The van der Waals surface area contributed by atoms with Gasteiger partial charge in [-0.1, -0.05) is 5.21 Å². The SMILES string of the molecule is CN(C)C(=O)CCn1nnc(C(=O)O)c1C1CCNCC1. The van der Waals surface area contributed by atoms with Crippen molar-refractivity contribution in [3.8, 4) is 0 Å². The van der Waals surface area contributed by atoms with E-state index < -0.39 is 5.97 Å². The average Bonchev–Trinajstić information content (AvgIpc) is 2.89. The number of nitrogens with zero attached hydrogens (tertiary/aromatic N) is 4. The highest BCUT2D eigenvalue weighted by atomic mass is 16.4. The first-order valence-corrected chi connectivity index (χ1v) is 7.08. The zero-order chi connectivity index (χ0) is 15.4. The van der Waals surface area contributed by atoms with Crippen molar-refractivity contribution >= 4 is 11.9 Å². The van der Waals surface area contributed by atoms with Crippen LogP contribution in [0.2, 0.25) is 0 Å². The van der Waals surface area contributed by atoms with E-state index in [4.69, 9.17) is 0 Å². The van der Waals surface area contributed by atoms with Crippen LogP contribution in [0.4, 0.5) is 0 Å². The fraction of sp³-hybridized carbons (Fsp3) is 0.692. The molecule has 1 aliphatic heterocycles. The zero-order valence-corrected chi connectivity index (χ0v) is 12.4. The second kappa shape index (κ2) is 6.66. The average molecular weight is 295 g/mol. The van der Waals surface area contributed by atoms with Crippen LogP contribution in [0.5, 0.6) is 0 Å². The molecule has 0 radical (unpaired) electrons. The van der Waals surface area contributed by atoms with Crippen LogP contribution < -0.4 is 5.32 Å².